The van der Waals surface area contributed by atoms with Crippen LogP contribution in [-0.2, 0) is 4.79 Å². The van der Waals surface area contributed by atoms with Crippen molar-refractivity contribution in [1.29, 1.82) is 0 Å². The largest absolute Gasteiger partial charge is 0.493 e. The number of amides is 1. The molecule has 1 amide bonds. The summed E-state index contributed by atoms with van der Waals surface area (Å²) in [4.78, 5) is 12.1. The molecule has 0 unspecified atom stereocenters. The van der Waals surface area contributed by atoms with Crippen molar-refractivity contribution in [2.45, 2.75) is 5.25 Å². The Morgan fingerprint density at radius 2 is 1.84 bits per heavy atom. The van der Waals surface area contributed by atoms with Crippen LogP contribution in [0.3, 0.4) is 0 Å². The molecule has 2 aromatic rings. The van der Waals surface area contributed by atoms with Gasteiger partial charge in [-0.05, 0) is 29.3 Å². The number of benzene rings is 2. The van der Waals surface area contributed by atoms with Crippen LogP contribution in [0, 0.1) is 0 Å². The van der Waals surface area contributed by atoms with E-state index in [1.807, 2.05) is 36.4 Å². The highest BCUT2D eigenvalue weighted by atomic mass is 32.2. The molecule has 1 saturated heterocycles. The number of amidine groups is 1. The van der Waals surface area contributed by atoms with Crippen LogP contribution >= 0.6 is 11.8 Å². The zero-order valence-corrected chi connectivity index (χ0v) is 14.6. The molecule has 7 heteroatoms. The molecular formula is C18H17N3O3S. The molecule has 0 aliphatic carbocycles. The summed E-state index contributed by atoms with van der Waals surface area (Å²) in [5, 5.41) is 11.1. The second-order valence-corrected chi connectivity index (χ2v) is 6.26. The number of rotatable bonds is 5. The van der Waals surface area contributed by atoms with Crippen molar-refractivity contribution in [3.05, 3.63) is 59.7 Å². The van der Waals surface area contributed by atoms with E-state index < -0.39 is 0 Å². The van der Waals surface area contributed by atoms with Crippen LogP contribution < -0.4 is 14.8 Å². The fourth-order valence-electron chi connectivity index (χ4n) is 2.34. The average Bonchev–Trinajstić information content (AvgIpc) is 3.03. The number of methoxy groups -OCH3 is 2. The summed E-state index contributed by atoms with van der Waals surface area (Å²) in [5.74, 6) is 1.18. The van der Waals surface area contributed by atoms with Crippen LogP contribution in [-0.4, -0.2) is 31.5 Å². The number of carbonyl (C=O) groups is 1. The van der Waals surface area contributed by atoms with Gasteiger partial charge in [0, 0.05) is 0 Å². The average molecular weight is 355 g/mol. The Labute approximate surface area is 149 Å². The lowest BCUT2D eigenvalue weighted by Gasteiger charge is -2.07. The maximum Gasteiger partial charge on any atom is 0.244 e. The van der Waals surface area contributed by atoms with Gasteiger partial charge in [-0.25, -0.2) is 0 Å². The van der Waals surface area contributed by atoms with Crippen molar-refractivity contribution >= 4 is 29.1 Å². The third-order valence-electron chi connectivity index (χ3n) is 3.56. The van der Waals surface area contributed by atoms with E-state index in [-0.39, 0.29) is 11.2 Å². The van der Waals surface area contributed by atoms with E-state index in [1.165, 1.54) is 11.8 Å². The van der Waals surface area contributed by atoms with Gasteiger partial charge in [0.1, 0.15) is 5.25 Å². The quantitative estimate of drug-likeness (QED) is 0.661. The van der Waals surface area contributed by atoms with Crippen LogP contribution in [0.5, 0.6) is 11.5 Å². The van der Waals surface area contributed by atoms with Gasteiger partial charge in [-0.3, -0.25) is 4.79 Å². The lowest BCUT2D eigenvalue weighted by Crippen LogP contribution is -2.21. The van der Waals surface area contributed by atoms with E-state index in [0.717, 1.165) is 11.1 Å². The predicted molar refractivity (Wildman–Crippen MR) is 99.5 cm³/mol. The fraction of sp³-hybridized carbons (Fsp3) is 0.167. The minimum atomic E-state index is -0.295. The second-order valence-electron chi connectivity index (χ2n) is 5.16. The number of hydrogen-bond acceptors (Lipinski definition) is 6. The smallest absolute Gasteiger partial charge is 0.244 e. The van der Waals surface area contributed by atoms with Crippen molar-refractivity contribution in [1.82, 2.24) is 5.32 Å². The maximum absolute atomic E-state index is 12.1. The van der Waals surface area contributed by atoms with Gasteiger partial charge < -0.3 is 14.8 Å². The molecule has 25 heavy (non-hydrogen) atoms. The van der Waals surface area contributed by atoms with E-state index in [9.17, 15) is 4.79 Å². The number of thioether (sulfide) groups is 1. The van der Waals surface area contributed by atoms with Gasteiger partial charge in [-0.15, -0.1) is 5.10 Å². The molecule has 1 heterocycles. The number of carbonyl (C=O) groups excluding carboxylic acids is 1. The molecule has 1 atom stereocenters. The van der Waals surface area contributed by atoms with Crippen LogP contribution in [0.1, 0.15) is 16.4 Å². The summed E-state index contributed by atoms with van der Waals surface area (Å²) in [6, 6.07) is 15.0. The highest BCUT2D eigenvalue weighted by molar-refractivity contribution is 8.15. The van der Waals surface area contributed by atoms with E-state index in [2.05, 4.69) is 15.5 Å². The van der Waals surface area contributed by atoms with Crippen LogP contribution in [0.15, 0.2) is 58.7 Å². The molecular weight excluding hydrogens is 338 g/mol. The summed E-state index contributed by atoms with van der Waals surface area (Å²) >= 11 is 1.35. The Balaban J connectivity index is 1.70. The summed E-state index contributed by atoms with van der Waals surface area (Å²) in [5.41, 5.74) is 1.76. The number of nitrogens with one attached hydrogen (secondary N) is 1. The van der Waals surface area contributed by atoms with E-state index in [1.54, 1.807) is 32.6 Å². The third-order valence-corrected chi connectivity index (χ3v) is 4.69. The van der Waals surface area contributed by atoms with Crippen LogP contribution in [0.25, 0.3) is 0 Å². The summed E-state index contributed by atoms with van der Waals surface area (Å²) < 4.78 is 10.4. The van der Waals surface area contributed by atoms with Crippen molar-refractivity contribution in [2.24, 2.45) is 10.2 Å². The van der Waals surface area contributed by atoms with Gasteiger partial charge >= 0.3 is 0 Å². The van der Waals surface area contributed by atoms with Gasteiger partial charge in [0.2, 0.25) is 5.91 Å². The van der Waals surface area contributed by atoms with Crippen LogP contribution in [0.4, 0.5) is 0 Å². The van der Waals surface area contributed by atoms with Crippen LogP contribution in [0.2, 0.25) is 0 Å². The Morgan fingerprint density at radius 1 is 1.08 bits per heavy atom. The van der Waals surface area contributed by atoms with Crippen molar-refractivity contribution in [3.8, 4) is 11.5 Å². The van der Waals surface area contributed by atoms with E-state index in [4.69, 9.17) is 9.47 Å². The van der Waals surface area contributed by atoms with Gasteiger partial charge in [0.25, 0.3) is 0 Å². The lowest BCUT2D eigenvalue weighted by atomic mass is 10.1. The molecule has 6 nitrogen and oxygen atoms in total. The monoisotopic (exact) mass is 355 g/mol. The standard InChI is InChI=1S/C18H17N3O3S/c1-23-14-9-8-12(10-15(14)24-2)11-19-21-18-20-17(22)16(25-18)13-6-4-3-5-7-13/h3-11,16H,1-2H3,(H,20,21,22)/b19-11-/t16-/m1/s1. The van der Waals surface area contributed by atoms with Crippen molar-refractivity contribution in [3.63, 3.8) is 0 Å². The molecule has 3 rings (SSSR count). The maximum atomic E-state index is 12.1. The molecule has 0 radical (unpaired) electrons. The zero-order valence-electron chi connectivity index (χ0n) is 13.8. The molecule has 1 N–H and O–H groups in total. The zero-order chi connectivity index (χ0) is 17.6. The SMILES string of the molecule is COc1ccc(/C=N\N=C2NC(=O)[C@@H](c3ccccc3)S2)cc1OC. The molecule has 1 fully saturated rings. The Morgan fingerprint density at radius 3 is 2.56 bits per heavy atom. The summed E-state index contributed by atoms with van der Waals surface area (Å²) in [6.07, 6.45) is 1.59. The molecule has 0 bridgehead atoms. The predicted octanol–water partition coefficient (Wildman–Crippen LogP) is 3.00. The fourth-order valence-corrected chi connectivity index (χ4v) is 3.28. The lowest BCUT2D eigenvalue weighted by molar-refractivity contribution is -0.118. The molecule has 0 saturated carbocycles. The van der Waals surface area contributed by atoms with Gasteiger partial charge in [0.15, 0.2) is 16.7 Å². The molecule has 0 spiro atoms. The number of hydrogen-bond donors (Lipinski definition) is 1. The molecule has 2 aromatic carbocycles. The highest BCUT2D eigenvalue weighted by Gasteiger charge is 2.31. The van der Waals surface area contributed by atoms with Gasteiger partial charge in [-0.1, -0.05) is 42.1 Å². The van der Waals surface area contributed by atoms with Crippen molar-refractivity contribution in [2.75, 3.05) is 14.2 Å². The first-order valence-corrected chi connectivity index (χ1v) is 8.44. The summed E-state index contributed by atoms with van der Waals surface area (Å²) in [7, 11) is 3.16. The number of nitrogens with zero attached hydrogens (tertiary/aromatic N) is 2. The Bertz CT molecular complexity index is 822. The van der Waals surface area contributed by atoms with E-state index >= 15 is 0 Å². The van der Waals surface area contributed by atoms with Crippen molar-refractivity contribution < 1.29 is 14.3 Å². The van der Waals surface area contributed by atoms with Gasteiger partial charge in [0.05, 0.1) is 20.4 Å². The minimum Gasteiger partial charge on any atom is -0.493 e. The molecule has 1 aliphatic heterocycles. The highest BCUT2D eigenvalue weighted by Crippen LogP contribution is 2.34. The first-order chi connectivity index (χ1) is 12.2. The first-order valence-electron chi connectivity index (χ1n) is 7.57. The number of ether oxygens (including phenoxy) is 2. The first kappa shape index (κ1) is 17.0. The molecule has 1 aliphatic rings. The second kappa shape index (κ2) is 7.85. The Kier molecular flexibility index (Phi) is 5.35. The normalized spacial score (nSPS) is 18.6. The molecule has 0 aromatic heterocycles. The minimum absolute atomic E-state index is 0.0868. The summed E-state index contributed by atoms with van der Waals surface area (Å²) in [6.45, 7) is 0. The topological polar surface area (TPSA) is 72.3 Å². The molecule has 128 valence electrons. The van der Waals surface area contributed by atoms with E-state index in [0.29, 0.717) is 16.7 Å². The van der Waals surface area contributed by atoms with Gasteiger partial charge in [-0.2, -0.15) is 5.10 Å². The third kappa shape index (κ3) is 4.00. The Hall–Kier alpha value is -2.80.